The standard InChI is InChI=1S/C34H29Br3N4O11S/c35-22-11-18-2-5-28(22)50-30-16-19(1-4-27(30)42)8-10-39-34(44)26(41-46)15-21-13-24(37)32(52-53(47,48)49)31(17-21)51-29-6-3-20(12-23(29)36)14-25(40-45)33(43)38-9-7-18/h1-6,11-13,16-17,42,45-46H,7-10,14-15H2,(H,38,43)(H,39,44)(H,47,48,49). The van der Waals surface area contributed by atoms with Gasteiger partial charge in [-0.15, -0.1) is 0 Å². The van der Waals surface area contributed by atoms with Crippen molar-refractivity contribution in [1.29, 1.82) is 0 Å². The summed E-state index contributed by atoms with van der Waals surface area (Å²) in [5.41, 5.74) is 1.95. The average Bonchev–Trinajstić information content (AvgIpc) is 3.10. The first-order valence-electron chi connectivity index (χ1n) is 15.4. The molecule has 278 valence electrons. The van der Waals surface area contributed by atoms with Crippen LogP contribution in [0.15, 0.2) is 90.5 Å². The van der Waals surface area contributed by atoms with Gasteiger partial charge in [-0.25, -0.2) is 0 Å². The number of fused-ring (bicyclic) bond motifs is 2. The average molecular weight is 941 g/mol. The molecule has 0 saturated carbocycles. The summed E-state index contributed by atoms with van der Waals surface area (Å²) in [6.45, 7) is 0.334. The molecule has 2 amide bonds. The Morgan fingerprint density at radius 2 is 1.11 bits per heavy atom. The van der Waals surface area contributed by atoms with Gasteiger partial charge in [-0.05, 0) is 131 Å². The van der Waals surface area contributed by atoms with Gasteiger partial charge in [0.1, 0.15) is 22.9 Å². The Morgan fingerprint density at radius 1 is 0.642 bits per heavy atom. The highest BCUT2D eigenvalue weighted by molar-refractivity contribution is 9.11. The summed E-state index contributed by atoms with van der Waals surface area (Å²) in [7, 11) is -5.02. The minimum absolute atomic E-state index is 0.00990. The molecule has 0 saturated heterocycles. The molecule has 4 aromatic carbocycles. The number of carbonyl (C=O) groups is 2. The largest absolute Gasteiger partial charge is 0.504 e. The molecule has 3 aliphatic rings. The summed E-state index contributed by atoms with van der Waals surface area (Å²) in [6.07, 6.45) is 0.418. The van der Waals surface area contributed by atoms with Crippen molar-refractivity contribution in [3.8, 4) is 34.5 Å². The molecule has 15 nitrogen and oxygen atoms in total. The first-order valence-corrected chi connectivity index (χ1v) is 19.2. The number of hydrogen-bond donors (Lipinski definition) is 6. The Bertz CT molecular complexity index is 2230. The second kappa shape index (κ2) is 17.4. The number of nitrogens with zero attached hydrogens (tertiary/aromatic N) is 2. The highest BCUT2D eigenvalue weighted by Crippen LogP contribution is 2.42. The van der Waals surface area contributed by atoms with Gasteiger partial charge in [0, 0.05) is 25.9 Å². The first kappa shape index (κ1) is 39.5. The number of rotatable bonds is 2. The van der Waals surface area contributed by atoms with E-state index in [0.717, 1.165) is 5.56 Å². The van der Waals surface area contributed by atoms with Crippen LogP contribution in [-0.2, 0) is 45.7 Å². The van der Waals surface area contributed by atoms with Crippen molar-refractivity contribution in [2.24, 2.45) is 10.3 Å². The van der Waals surface area contributed by atoms with Crippen LogP contribution in [0.2, 0.25) is 0 Å². The third-order valence-corrected chi connectivity index (χ3v) is 9.83. The minimum atomic E-state index is -5.02. The number of carbonyl (C=O) groups excluding carboxylic acids is 2. The van der Waals surface area contributed by atoms with Crippen LogP contribution in [0.4, 0.5) is 0 Å². The van der Waals surface area contributed by atoms with E-state index in [4.69, 9.17) is 13.7 Å². The molecule has 7 rings (SSSR count). The van der Waals surface area contributed by atoms with E-state index >= 15 is 0 Å². The number of aromatic hydroxyl groups is 1. The van der Waals surface area contributed by atoms with E-state index in [1.165, 1.54) is 24.3 Å². The predicted octanol–water partition coefficient (Wildman–Crippen LogP) is 6.22. The Morgan fingerprint density at radius 3 is 1.68 bits per heavy atom. The third kappa shape index (κ3) is 10.7. The molecule has 3 aliphatic heterocycles. The van der Waals surface area contributed by atoms with Crippen molar-refractivity contribution in [3.63, 3.8) is 0 Å². The molecule has 0 fully saturated rings. The maximum Gasteiger partial charge on any atom is 0.446 e. The molecule has 4 aromatic rings. The summed E-state index contributed by atoms with van der Waals surface area (Å²) in [6, 6.07) is 17.4. The molecule has 19 heteroatoms. The van der Waals surface area contributed by atoms with Crippen LogP contribution in [0.3, 0.4) is 0 Å². The number of benzene rings is 4. The lowest BCUT2D eigenvalue weighted by Crippen LogP contribution is -2.33. The number of amides is 2. The third-order valence-electron chi connectivity index (χ3n) is 7.62. The van der Waals surface area contributed by atoms with Crippen LogP contribution in [0, 0.1) is 0 Å². The first-order chi connectivity index (χ1) is 25.2. The molecule has 3 heterocycles. The Hall–Kier alpha value is -4.69. The van der Waals surface area contributed by atoms with E-state index in [9.17, 15) is 38.1 Å². The van der Waals surface area contributed by atoms with Gasteiger partial charge in [0.05, 0.1) is 13.4 Å². The van der Waals surface area contributed by atoms with Gasteiger partial charge in [-0.3, -0.25) is 14.1 Å². The number of halogens is 3. The molecule has 0 unspecified atom stereocenters. The topological polar surface area (TPSA) is 226 Å². The van der Waals surface area contributed by atoms with Crippen molar-refractivity contribution in [3.05, 3.63) is 102 Å². The minimum Gasteiger partial charge on any atom is -0.504 e. The lowest BCUT2D eigenvalue weighted by atomic mass is 10.1. The molecule has 8 bridgehead atoms. The molecule has 0 radical (unpaired) electrons. The predicted molar refractivity (Wildman–Crippen MR) is 202 cm³/mol. The molecule has 53 heavy (non-hydrogen) atoms. The molecule has 0 aliphatic carbocycles. The van der Waals surface area contributed by atoms with Crippen LogP contribution in [0.1, 0.15) is 22.3 Å². The smallest absolute Gasteiger partial charge is 0.446 e. The molecule has 0 atom stereocenters. The van der Waals surface area contributed by atoms with Crippen molar-refractivity contribution in [2.75, 3.05) is 13.1 Å². The van der Waals surface area contributed by atoms with E-state index in [1.54, 1.807) is 36.4 Å². The highest BCUT2D eigenvalue weighted by Gasteiger charge is 2.23. The summed E-state index contributed by atoms with van der Waals surface area (Å²) >= 11 is 10.1. The van der Waals surface area contributed by atoms with Gasteiger partial charge in [0.2, 0.25) is 5.75 Å². The Kier molecular flexibility index (Phi) is 13.0. The van der Waals surface area contributed by atoms with Gasteiger partial charge in [0.15, 0.2) is 17.2 Å². The normalized spacial score (nSPS) is 16.2. The maximum atomic E-state index is 13.1. The van der Waals surface area contributed by atoms with Crippen molar-refractivity contribution < 1.29 is 51.7 Å². The van der Waals surface area contributed by atoms with E-state index in [1.807, 2.05) is 6.07 Å². The second-order valence-electron chi connectivity index (χ2n) is 11.4. The lowest BCUT2D eigenvalue weighted by molar-refractivity contribution is -0.115. The molecule has 0 aromatic heterocycles. The van der Waals surface area contributed by atoms with E-state index in [0.29, 0.717) is 44.2 Å². The van der Waals surface area contributed by atoms with Gasteiger partial charge in [-0.1, -0.05) is 28.5 Å². The fourth-order valence-electron chi connectivity index (χ4n) is 5.09. The highest BCUT2D eigenvalue weighted by atomic mass is 79.9. The molecular weight excluding hydrogens is 912 g/mol. The number of nitrogens with one attached hydrogen (secondary N) is 2. The molecule has 0 spiro atoms. The van der Waals surface area contributed by atoms with Crippen molar-refractivity contribution in [2.45, 2.75) is 25.7 Å². The molecule has 6 N–H and O–H groups in total. The van der Waals surface area contributed by atoms with Crippen LogP contribution in [0.5, 0.6) is 34.5 Å². The van der Waals surface area contributed by atoms with Crippen LogP contribution >= 0.6 is 47.8 Å². The number of phenols is 1. The second-order valence-corrected chi connectivity index (χ2v) is 15.0. The van der Waals surface area contributed by atoms with Crippen LogP contribution < -0.4 is 24.3 Å². The quantitative estimate of drug-likeness (QED) is 0.0752. The number of phenolic OH excluding ortho intramolecular Hbond substituents is 1. The van der Waals surface area contributed by atoms with Gasteiger partial charge >= 0.3 is 10.4 Å². The fourth-order valence-corrected chi connectivity index (χ4v) is 7.17. The fraction of sp³-hybridized carbons (Fsp3) is 0.176. The van der Waals surface area contributed by atoms with Crippen molar-refractivity contribution >= 4 is 81.4 Å². The zero-order chi connectivity index (χ0) is 38.3. The summed E-state index contributed by atoms with van der Waals surface area (Å²) in [5, 5.41) is 41.6. The maximum absolute atomic E-state index is 13.1. The Labute approximate surface area is 328 Å². The summed E-state index contributed by atoms with van der Waals surface area (Å²) < 4.78 is 50.5. The SMILES string of the molecule is O=C1NCCc2ccc(c(Br)c2)Oc2cc(ccc2O)CCNC(=O)C(=NO)Cc2cc(Br)c(OS(=O)(=O)O)c(c2)Oc2ccc(cc2Br)CC1=NO. The monoisotopic (exact) mass is 938 g/mol. The van der Waals surface area contributed by atoms with E-state index < -0.39 is 28.0 Å². The van der Waals surface area contributed by atoms with Crippen LogP contribution in [-0.4, -0.2) is 64.8 Å². The zero-order valence-electron chi connectivity index (χ0n) is 27.2. The molecular formula is C34H29Br3N4O11S. The Balaban J connectivity index is 1.48. The summed E-state index contributed by atoms with van der Waals surface area (Å²) in [4.78, 5) is 26.0. The summed E-state index contributed by atoms with van der Waals surface area (Å²) in [5.74, 6) is -1.32. The van der Waals surface area contributed by atoms with Crippen LogP contribution in [0.25, 0.3) is 0 Å². The number of ether oxygens (including phenoxy) is 2. The van der Waals surface area contributed by atoms with Gasteiger partial charge in [0.25, 0.3) is 11.8 Å². The van der Waals surface area contributed by atoms with Gasteiger partial charge < -0.3 is 39.8 Å². The lowest BCUT2D eigenvalue weighted by Gasteiger charge is -2.16. The van der Waals surface area contributed by atoms with E-state index in [-0.39, 0.29) is 64.8 Å². The number of oxime groups is 2. The van der Waals surface area contributed by atoms with Crippen molar-refractivity contribution in [1.82, 2.24) is 10.6 Å². The number of hydrogen-bond acceptors (Lipinski definition) is 12. The zero-order valence-corrected chi connectivity index (χ0v) is 32.8. The van der Waals surface area contributed by atoms with E-state index in [2.05, 4.69) is 68.7 Å². The van der Waals surface area contributed by atoms with Gasteiger partial charge in [-0.2, -0.15) is 8.42 Å².